The molecule has 4 rings (SSSR count). The highest BCUT2D eigenvalue weighted by Gasteiger charge is 2.18. The first-order chi connectivity index (χ1) is 16.0. The van der Waals surface area contributed by atoms with Crippen molar-refractivity contribution in [1.29, 1.82) is 0 Å². The molecule has 0 fully saturated rings. The van der Waals surface area contributed by atoms with Crippen LogP contribution in [-0.2, 0) is 27.2 Å². The largest absolute Gasteiger partial charge is 0.489 e. The topological polar surface area (TPSA) is 95.4 Å². The Morgan fingerprint density at radius 3 is 2.48 bits per heavy atom. The molecule has 2 aromatic carbocycles. The number of fused-ring (bicyclic) bond motifs is 1. The van der Waals surface area contributed by atoms with E-state index in [4.69, 9.17) is 4.74 Å². The average molecular weight is 444 g/mol. The minimum absolute atomic E-state index is 0.280. The van der Waals surface area contributed by atoms with Crippen molar-refractivity contribution in [2.75, 3.05) is 5.43 Å². The molecule has 4 aromatic rings. The second kappa shape index (κ2) is 9.39. The predicted octanol–water partition coefficient (Wildman–Crippen LogP) is 2.64. The summed E-state index contributed by atoms with van der Waals surface area (Å²) in [6.45, 7) is 4.57. The molecule has 0 unspecified atom stereocenters. The van der Waals surface area contributed by atoms with Crippen LogP contribution in [0.3, 0.4) is 0 Å². The second-order valence-corrected chi connectivity index (χ2v) is 7.43. The molecule has 0 spiro atoms. The fourth-order valence-electron chi connectivity index (χ4n) is 3.39. The monoisotopic (exact) mass is 444 g/mol. The standard InChI is InChI=1S/C24H24N6O3/c1-4-14-30-20-21(28(2)24(32)29(3)22(20)31)26-23(30)27-25-15-17-10-12-19(13-11-17)33-16-18-8-6-5-7-9-18/h4-13,15H,1,14,16H2,2-3H3,(H,26,27)/b25-15-. The third-order valence-corrected chi connectivity index (χ3v) is 5.17. The SMILES string of the molecule is C=CCn1c(N/N=C\c2ccc(OCc3ccccc3)cc2)nc2c1c(=O)n(C)c(=O)n2C. The number of nitrogens with zero attached hydrogens (tertiary/aromatic N) is 5. The highest BCUT2D eigenvalue weighted by atomic mass is 16.5. The lowest BCUT2D eigenvalue weighted by atomic mass is 10.2. The molecule has 0 saturated carbocycles. The summed E-state index contributed by atoms with van der Waals surface area (Å²) in [4.78, 5) is 29.3. The van der Waals surface area contributed by atoms with E-state index in [0.717, 1.165) is 21.4 Å². The van der Waals surface area contributed by atoms with Crippen LogP contribution in [-0.4, -0.2) is 24.9 Å². The van der Waals surface area contributed by atoms with Crippen LogP contribution in [0.5, 0.6) is 5.75 Å². The zero-order valence-electron chi connectivity index (χ0n) is 18.4. The van der Waals surface area contributed by atoms with E-state index in [-0.39, 0.29) is 5.65 Å². The van der Waals surface area contributed by atoms with Crippen LogP contribution in [0.4, 0.5) is 5.95 Å². The van der Waals surface area contributed by atoms with Gasteiger partial charge in [-0.3, -0.25) is 18.5 Å². The number of aromatic nitrogens is 4. The van der Waals surface area contributed by atoms with Gasteiger partial charge in [0, 0.05) is 20.6 Å². The normalized spacial score (nSPS) is 11.2. The van der Waals surface area contributed by atoms with E-state index < -0.39 is 11.2 Å². The Hall–Kier alpha value is -4.40. The molecule has 0 aliphatic heterocycles. The number of benzene rings is 2. The number of hydrogen-bond donors (Lipinski definition) is 1. The Morgan fingerprint density at radius 2 is 1.79 bits per heavy atom. The predicted molar refractivity (Wildman–Crippen MR) is 129 cm³/mol. The number of hydrogen-bond acceptors (Lipinski definition) is 6. The molecule has 0 bridgehead atoms. The van der Waals surface area contributed by atoms with Gasteiger partial charge in [-0.25, -0.2) is 10.2 Å². The Balaban J connectivity index is 1.51. The van der Waals surface area contributed by atoms with E-state index >= 15 is 0 Å². The molecular formula is C24H24N6O3. The van der Waals surface area contributed by atoms with E-state index in [0.29, 0.717) is 24.6 Å². The summed E-state index contributed by atoms with van der Waals surface area (Å²) in [7, 11) is 3.01. The van der Waals surface area contributed by atoms with E-state index in [1.807, 2.05) is 54.6 Å². The molecule has 0 amide bonds. The van der Waals surface area contributed by atoms with Crippen LogP contribution in [0.2, 0.25) is 0 Å². The summed E-state index contributed by atoms with van der Waals surface area (Å²) in [5, 5.41) is 4.25. The highest BCUT2D eigenvalue weighted by molar-refractivity contribution is 5.80. The molecule has 0 saturated heterocycles. The first-order valence-corrected chi connectivity index (χ1v) is 10.3. The first-order valence-electron chi connectivity index (χ1n) is 10.3. The summed E-state index contributed by atoms with van der Waals surface area (Å²) in [6, 6.07) is 17.5. The van der Waals surface area contributed by atoms with Crippen molar-refractivity contribution in [3.05, 3.63) is 99.2 Å². The summed E-state index contributed by atoms with van der Waals surface area (Å²) in [5.74, 6) is 1.09. The number of allylic oxidation sites excluding steroid dienone is 1. The van der Waals surface area contributed by atoms with Crippen molar-refractivity contribution in [3.63, 3.8) is 0 Å². The van der Waals surface area contributed by atoms with Crippen LogP contribution in [0.25, 0.3) is 11.2 Å². The van der Waals surface area contributed by atoms with Gasteiger partial charge in [0.1, 0.15) is 12.4 Å². The van der Waals surface area contributed by atoms with Gasteiger partial charge in [-0.15, -0.1) is 6.58 Å². The van der Waals surface area contributed by atoms with Crippen LogP contribution in [0, 0.1) is 0 Å². The Morgan fingerprint density at radius 1 is 1.06 bits per heavy atom. The van der Waals surface area contributed by atoms with E-state index in [1.165, 1.54) is 11.6 Å². The lowest BCUT2D eigenvalue weighted by Crippen LogP contribution is -2.37. The number of nitrogens with one attached hydrogen (secondary N) is 1. The van der Waals surface area contributed by atoms with Crippen molar-refractivity contribution in [3.8, 4) is 5.75 Å². The zero-order valence-corrected chi connectivity index (χ0v) is 18.4. The van der Waals surface area contributed by atoms with Gasteiger partial charge in [-0.2, -0.15) is 10.1 Å². The number of ether oxygens (including phenoxy) is 1. The third-order valence-electron chi connectivity index (χ3n) is 5.17. The van der Waals surface area contributed by atoms with E-state index in [9.17, 15) is 9.59 Å². The minimum Gasteiger partial charge on any atom is -0.489 e. The Kier molecular flexibility index (Phi) is 6.21. The number of imidazole rings is 1. The van der Waals surface area contributed by atoms with Crippen molar-refractivity contribution in [2.45, 2.75) is 13.2 Å². The van der Waals surface area contributed by atoms with Gasteiger partial charge in [0.05, 0.1) is 6.21 Å². The molecule has 1 N–H and O–H groups in total. The molecule has 2 aromatic heterocycles. The summed E-state index contributed by atoms with van der Waals surface area (Å²) >= 11 is 0. The molecule has 0 aliphatic rings. The molecular weight excluding hydrogens is 420 g/mol. The second-order valence-electron chi connectivity index (χ2n) is 7.43. The highest BCUT2D eigenvalue weighted by Crippen LogP contribution is 2.16. The van der Waals surface area contributed by atoms with Crippen LogP contribution >= 0.6 is 0 Å². The molecule has 9 nitrogen and oxygen atoms in total. The fourth-order valence-corrected chi connectivity index (χ4v) is 3.39. The third kappa shape index (κ3) is 4.47. The molecule has 0 atom stereocenters. The molecule has 2 heterocycles. The van der Waals surface area contributed by atoms with Gasteiger partial charge < -0.3 is 4.74 Å². The molecule has 168 valence electrons. The van der Waals surface area contributed by atoms with E-state index in [2.05, 4.69) is 22.1 Å². The average Bonchev–Trinajstić information content (AvgIpc) is 3.20. The van der Waals surface area contributed by atoms with Crippen molar-refractivity contribution in [2.24, 2.45) is 19.2 Å². The molecule has 33 heavy (non-hydrogen) atoms. The van der Waals surface area contributed by atoms with Gasteiger partial charge in [0.2, 0.25) is 5.95 Å². The van der Waals surface area contributed by atoms with Gasteiger partial charge in [0.25, 0.3) is 5.56 Å². The maximum Gasteiger partial charge on any atom is 0.332 e. The minimum atomic E-state index is -0.444. The van der Waals surface area contributed by atoms with Crippen LogP contribution < -0.4 is 21.4 Å². The molecule has 0 aliphatic carbocycles. The van der Waals surface area contributed by atoms with Crippen molar-refractivity contribution < 1.29 is 4.74 Å². The zero-order chi connectivity index (χ0) is 23.4. The van der Waals surface area contributed by atoms with Gasteiger partial charge in [-0.1, -0.05) is 36.4 Å². The quantitative estimate of drug-likeness (QED) is 0.256. The van der Waals surface area contributed by atoms with Crippen LogP contribution in [0.1, 0.15) is 11.1 Å². The van der Waals surface area contributed by atoms with E-state index in [1.54, 1.807) is 23.9 Å². The lowest BCUT2D eigenvalue weighted by Gasteiger charge is -2.07. The van der Waals surface area contributed by atoms with Crippen LogP contribution in [0.15, 0.2) is 81.9 Å². The summed E-state index contributed by atoms with van der Waals surface area (Å²) in [6.07, 6.45) is 3.28. The number of hydrazone groups is 1. The maximum absolute atomic E-state index is 12.7. The van der Waals surface area contributed by atoms with Gasteiger partial charge in [-0.05, 0) is 35.4 Å². The number of aryl methyl sites for hydroxylation is 1. The molecule has 0 radical (unpaired) electrons. The number of rotatable bonds is 8. The summed E-state index contributed by atoms with van der Waals surface area (Å²) in [5.41, 5.74) is 4.53. The maximum atomic E-state index is 12.7. The van der Waals surface area contributed by atoms with Gasteiger partial charge >= 0.3 is 5.69 Å². The smallest absolute Gasteiger partial charge is 0.332 e. The Bertz CT molecular complexity index is 1430. The van der Waals surface area contributed by atoms with Crippen molar-refractivity contribution >= 4 is 23.3 Å². The summed E-state index contributed by atoms with van der Waals surface area (Å²) < 4.78 is 9.82. The first kappa shape index (κ1) is 21.8. The molecule has 9 heteroatoms. The van der Waals surface area contributed by atoms with Crippen molar-refractivity contribution in [1.82, 2.24) is 18.7 Å². The van der Waals surface area contributed by atoms with Gasteiger partial charge in [0.15, 0.2) is 11.2 Å². The lowest BCUT2D eigenvalue weighted by molar-refractivity contribution is 0.306. The fraction of sp³-hybridized carbons (Fsp3) is 0.167. The Labute approximate surface area is 189 Å². The number of anilines is 1.